The normalized spacial score (nSPS) is 13.7. The van der Waals surface area contributed by atoms with Gasteiger partial charge in [-0.3, -0.25) is 4.79 Å². The van der Waals surface area contributed by atoms with Crippen molar-refractivity contribution in [1.29, 1.82) is 0 Å². The first-order valence-corrected chi connectivity index (χ1v) is 29.7. The van der Waals surface area contributed by atoms with Crippen LogP contribution in [0.5, 0.6) is 0 Å². The topological polar surface area (TPSA) is 69.6 Å². The fraction of sp³-hybridized carbons (Fsp3) is 0.682. The third-order valence-electron chi connectivity index (χ3n) is 13.0. The predicted molar refractivity (Wildman–Crippen MR) is 312 cm³/mol. The van der Waals surface area contributed by atoms with Crippen LogP contribution >= 0.6 is 0 Å². The molecular formula is C66H113NO3. The minimum Gasteiger partial charge on any atom is -0.394 e. The molecule has 0 aliphatic heterocycles. The number of carbonyl (C=O) groups is 1. The number of nitrogens with one attached hydrogen (secondary N) is 1. The summed E-state index contributed by atoms with van der Waals surface area (Å²) in [7, 11) is 0. The summed E-state index contributed by atoms with van der Waals surface area (Å²) in [5.41, 5.74) is 0. The predicted octanol–water partition coefficient (Wildman–Crippen LogP) is 20.0. The highest BCUT2D eigenvalue weighted by atomic mass is 16.3. The van der Waals surface area contributed by atoms with E-state index in [-0.39, 0.29) is 12.5 Å². The van der Waals surface area contributed by atoms with Gasteiger partial charge in [0.2, 0.25) is 5.91 Å². The molecule has 0 heterocycles. The van der Waals surface area contributed by atoms with Crippen molar-refractivity contribution in [2.75, 3.05) is 6.61 Å². The lowest BCUT2D eigenvalue weighted by Crippen LogP contribution is -2.45. The second-order valence-electron chi connectivity index (χ2n) is 19.7. The minimum absolute atomic E-state index is 0.0701. The number of carbonyl (C=O) groups excluding carboxylic acids is 1. The van der Waals surface area contributed by atoms with Crippen LogP contribution in [0.4, 0.5) is 0 Å². The largest absolute Gasteiger partial charge is 0.394 e. The lowest BCUT2D eigenvalue weighted by Gasteiger charge is -2.20. The summed E-state index contributed by atoms with van der Waals surface area (Å²) in [6.07, 6.45) is 92.2. The smallest absolute Gasteiger partial charge is 0.220 e. The Kier molecular flexibility index (Phi) is 57.3. The van der Waals surface area contributed by atoms with Gasteiger partial charge in [0.1, 0.15) is 0 Å². The van der Waals surface area contributed by atoms with Gasteiger partial charge < -0.3 is 15.5 Å². The summed E-state index contributed by atoms with van der Waals surface area (Å²) < 4.78 is 0. The summed E-state index contributed by atoms with van der Waals surface area (Å²) in [4.78, 5) is 12.5. The Morgan fingerprint density at radius 3 is 0.943 bits per heavy atom. The molecule has 0 aliphatic rings. The van der Waals surface area contributed by atoms with Gasteiger partial charge >= 0.3 is 0 Å². The standard InChI is InChI=1S/C66H113NO3/c1-3-5-7-9-11-13-15-17-19-21-23-24-25-26-27-28-29-30-31-32-33-34-35-36-37-38-39-40-41-42-44-46-48-50-52-54-56-58-60-62-66(70)67-64(63-68)65(69)61-59-57-55-53-51-49-47-45-43-22-20-18-16-14-12-10-8-6-4-2/h5,7,11,13,17,19,23-24,26-27,29-30,32-33,35-36,38-39,59,61,64-65,68-69H,3-4,6,8-10,12,14-16,18,20-22,25,28,31,34,37,40-58,60,62-63H2,1-2H3,(H,67,70)/b7-5-,13-11-,19-17-,24-23-,27-26-,30-29-,33-32-,36-35-,39-38-,61-59+. The fourth-order valence-corrected chi connectivity index (χ4v) is 8.47. The maximum Gasteiger partial charge on any atom is 0.220 e. The van der Waals surface area contributed by atoms with Gasteiger partial charge in [0.25, 0.3) is 0 Å². The van der Waals surface area contributed by atoms with Gasteiger partial charge in [-0.25, -0.2) is 0 Å². The maximum absolute atomic E-state index is 12.5. The molecule has 70 heavy (non-hydrogen) atoms. The number of unbranched alkanes of at least 4 members (excludes halogenated alkanes) is 28. The summed E-state index contributed by atoms with van der Waals surface area (Å²) in [6.45, 7) is 4.20. The van der Waals surface area contributed by atoms with Crippen molar-refractivity contribution >= 4 is 5.91 Å². The molecule has 0 fully saturated rings. The van der Waals surface area contributed by atoms with Crippen LogP contribution in [-0.2, 0) is 4.79 Å². The highest BCUT2D eigenvalue weighted by molar-refractivity contribution is 5.76. The number of hydrogen-bond donors (Lipinski definition) is 3. The zero-order chi connectivity index (χ0) is 50.6. The molecule has 400 valence electrons. The highest BCUT2D eigenvalue weighted by Gasteiger charge is 2.18. The van der Waals surface area contributed by atoms with Crippen LogP contribution in [0.15, 0.2) is 122 Å². The molecule has 0 aliphatic carbocycles. The average Bonchev–Trinajstić information content (AvgIpc) is 3.36. The molecule has 2 atom stereocenters. The SMILES string of the molecule is CC/C=C\C/C=C\C/C=C\C/C=C\C/C=C\C/C=C\C/C=C\C/C=C\C/C=C\CCCCCCCCCCCCCC(=O)NC(CO)C(O)/C=C/CCCCCCCCCCCCCCCCCCC. The van der Waals surface area contributed by atoms with E-state index in [1.165, 1.54) is 167 Å². The Labute approximate surface area is 435 Å². The van der Waals surface area contributed by atoms with E-state index in [0.717, 1.165) is 83.5 Å². The van der Waals surface area contributed by atoms with Crippen molar-refractivity contribution < 1.29 is 15.0 Å². The third-order valence-corrected chi connectivity index (χ3v) is 13.0. The summed E-state index contributed by atoms with van der Waals surface area (Å²) >= 11 is 0. The molecule has 0 saturated carbocycles. The van der Waals surface area contributed by atoms with E-state index in [1.54, 1.807) is 6.08 Å². The van der Waals surface area contributed by atoms with Gasteiger partial charge in [-0.2, -0.15) is 0 Å². The van der Waals surface area contributed by atoms with E-state index in [0.29, 0.717) is 6.42 Å². The lowest BCUT2D eigenvalue weighted by molar-refractivity contribution is -0.123. The van der Waals surface area contributed by atoms with Crippen LogP contribution in [0, 0.1) is 0 Å². The Bertz CT molecular complexity index is 1380. The molecule has 4 nitrogen and oxygen atoms in total. The molecular weight excluding hydrogens is 855 g/mol. The molecule has 1 amide bonds. The second-order valence-corrected chi connectivity index (χ2v) is 19.7. The fourth-order valence-electron chi connectivity index (χ4n) is 8.47. The number of hydrogen-bond acceptors (Lipinski definition) is 3. The second kappa shape index (κ2) is 60.1. The van der Waals surface area contributed by atoms with Crippen LogP contribution in [0.2, 0.25) is 0 Å². The number of amides is 1. The molecule has 0 spiro atoms. The summed E-state index contributed by atoms with van der Waals surface area (Å²) in [5.74, 6) is -0.0701. The van der Waals surface area contributed by atoms with Crippen LogP contribution in [0.25, 0.3) is 0 Å². The molecule has 2 unspecified atom stereocenters. The minimum atomic E-state index is -0.848. The first-order valence-electron chi connectivity index (χ1n) is 29.7. The summed E-state index contributed by atoms with van der Waals surface area (Å²) in [6, 6.07) is -0.632. The lowest BCUT2D eigenvalue weighted by atomic mass is 10.0. The molecule has 0 aromatic heterocycles. The van der Waals surface area contributed by atoms with E-state index in [4.69, 9.17) is 0 Å². The molecule has 0 radical (unpaired) electrons. The molecule has 3 N–H and O–H groups in total. The van der Waals surface area contributed by atoms with Crippen LogP contribution in [-0.4, -0.2) is 34.9 Å². The quantitative estimate of drug-likeness (QED) is 0.0420. The molecule has 0 saturated heterocycles. The van der Waals surface area contributed by atoms with Crippen LogP contribution in [0.3, 0.4) is 0 Å². The van der Waals surface area contributed by atoms with E-state index >= 15 is 0 Å². The van der Waals surface area contributed by atoms with Crippen molar-refractivity contribution in [3.63, 3.8) is 0 Å². The number of allylic oxidation sites excluding steroid dienone is 19. The Balaban J connectivity index is 3.58. The number of aliphatic hydroxyl groups excluding tert-OH is 2. The zero-order valence-electron chi connectivity index (χ0n) is 46.0. The Morgan fingerprint density at radius 1 is 0.357 bits per heavy atom. The third kappa shape index (κ3) is 55.7. The van der Waals surface area contributed by atoms with E-state index in [9.17, 15) is 15.0 Å². The number of rotatable bonds is 53. The first kappa shape index (κ1) is 66.8. The van der Waals surface area contributed by atoms with Gasteiger partial charge in [-0.1, -0.05) is 296 Å². The van der Waals surface area contributed by atoms with Crippen molar-refractivity contribution in [3.05, 3.63) is 122 Å². The maximum atomic E-state index is 12.5. The monoisotopic (exact) mass is 968 g/mol. The van der Waals surface area contributed by atoms with Crippen molar-refractivity contribution in [2.45, 2.75) is 283 Å². The van der Waals surface area contributed by atoms with Gasteiger partial charge in [0.15, 0.2) is 0 Å². The van der Waals surface area contributed by atoms with E-state index in [2.05, 4.69) is 129 Å². The Hall–Kier alpha value is -3.21. The van der Waals surface area contributed by atoms with Crippen LogP contribution in [0.1, 0.15) is 271 Å². The van der Waals surface area contributed by atoms with Crippen molar-refractivity contribution in [1.82, 2.24) is 5.32 Å². The van der Waals surface area contributed by atoms with Crippen molar-refractivity contribution in [2.24, 2.45) is 0 Å². The Morgan fingerprint density at radius 2 is 0.629 bits per heavy atom. The average molecular weight is 969 g/mol. The highest BCUT2D eigenvalue weighted by Crippen LogP contribution is 2.16. The number of aliphatic hydroxyl groups is 2. The van der Waals surface area contributed by atoms with Crippen LogP contribution < -0.4 is 5.32 Å². The summed E-state index contributed by atoms with van der Waals surface area (Å²) in [5, 5.41) is 23.2. The van der Waals surface area contributed by atoms with Gasteiger partial charge in [-0.05, 0) is 89.9 Å². The van der Waals surface area contributed by atoms with Gasteiger partial charge in [0, 0.05) is 6.42 Å². The zero-order valence-corrected chi connectivity index (χ0v) is 46.0. The molecule has 4 heteroatoms. The molecule has 0 aromatic carbocycles. The van der Waals surface area contributed by atoms with Gasteiger partial charge in [0.05, 0.1) is 18.8 Å². The first-order chi connectivity index (χ1) is 34.7. The molecule has 0 aromatic rings. The van der Waals surface area contributed by atoms with Crippen molar-refractivity contribution in [3.8, 4) is 0 Å². The molecule has 0 rings (SSSR count). The molecule has 0 bridgehead atoms. The van der Waals surface area contributed by atoms with Gasteiger partial charge in [-0.15, -0.1) is 0 Å². The van der Waals surface area contributed by atoms with E-state index in [1.807, 2.05) is 6.08 Å². The van der Waals surface area contributed by atoms with E-state index < -0.39 is 12.1 Å².